The summed E-state index contributed by atoms with van der Waals surface area (Å²) in [4.78, 5) is 3.89. The summed E-state index contributed by atoms with van der Waals surface area (Å²) in [5.41, 5.74) is 0. The van der Waals surface area contributed by atoms with Crippen LogP contribution in [-0.4, -0.2) is 13.4 Å². The van der Waals surface area contributed by atoms with Gasteiger partial charge in [0.25, 0.3) is 10.0 Å². The number of nitrogens with one attached hydrogen (secondary N) is 1. The van der Waals surface area contributed by atoms with E-state index in [9.17, 15) is 8.42 Å². The molecule has 0 fully saturated rings. The van der Waals surface area contributed by atoms with Gasteiger partial charge in [-0.25, -0.2) is 13.4 Å². The molecular weight excluding hydrogens is 375 g/mol. The standard InChI is InChI=1S/C11H7BrCl2N2O2S/c12-9-5-2-6-10(15-9)16-19(17,18)8-4-1-3-7(13)11(8)14/h1-6H,(H,15,16). The largest absolute Gasteiger partial charge is 0.264 e. The topological polar surface area (TPSA) is 59.1 Å². The summed E-state index contributed by atoms with van der Waals surface area (Å²) in [6.07, 6.45) is 0. The second-order valence-electron chi connectivity index (χ2n) is 3.50. The Bertz CT molecular complexity index is 722. The molecule has 0 aliphatic heterocycles. The fourth-order valence-electron chi connectivity index (χ4n) is 1.35. The molecular formula is C11H7BrCl2N2O2S. The monoisotopic (exact) mass is 380 g/mol. The highest BCUT2D eigenvalue weighted by atomic mass is 79.9. The number of benzene rings is 1. The van der Waals surface area contributed by atoms with E-state index in [-0.39, 0.29) is 20.8 Å². The maximum atomic E-state index is 12.2. The Kier molecular flexibility index (Phi) is 4.35. The third kappa shape index (κ3) is 3.39. The fraction of sp³-hybridized carbons (Fsp3) is 0. The van der Waals surface area contributed by atoms with E-state index in [1.807, 2.05) is 0 Å². The Morgan fingerprint density at radius 1 is 1.11 bits per heavy atom. The summed E-state index contributed by atoms with van der Waals surface area (Å²) >= 11 is 14.9. The molecule has 0 aliphatic rings. The molecule has 0 unspecified atom stereocenters. The van der Waals surface area contributed by atoms with E-state index in [2.05, 4.69) is 25.6 Å². The second kappa shape index (κ2) is 5.66. The van der Waals surface area contributed by atoms with Crippen LogP contribution in [0.25, 0.3) is 0 Å². The first-order valence-corrected chi connectivity index (χ1v) is 8.03. The lowest BCUT2D eigenvalue weighted by Gasteiger charge is -2.09. The van der Waals surface area contributed by atoms with Crippen LogP contribution >= 0.6 is 39.1 Å². The maximum Gasteiger partial charge on any atom is 0.264 e. The molecule has 1 heterocycles. The summed E-state index contributed by atoms with van der Waals surface area (Å²) in [7, 11) is -3.83. The van der Waals surface area contributed by atoms with Crippen LogP contribution in [-0.2, 0) is 10.0 Å². The summed E-state index contributed by atoms with van der Waals surface area (Å²) in [6.45, 7) is 0. The Morgan fingerprint density at radius 3 is 2.47 bits per heavy atom. The first-order chi connectivity index (χ1) is 8.90. The highest BCUT2D eigenvalue weighted by Gasteiger charge is 2.20. The van der Waals surface area contributed by atoms with Crippen LogP contribution in [0.1, 0.15) is 0 Å². The van der Waals surface area contributed by atoms with Crippen LogP contribution in [0, 0.1) is 0 Å². The average Bonchev–Trinajstić information content (AvgIpc) is 2.32. The summed E-state index contributed by atoms with van der Waals surface area (Å²) < 4.78 is 27.2. The Morgan fingerprint density at radius 2 is 1.79 bits per heavy atom. The van der Waals surface area contributed by atoms with Gasteiger partial charge in [0.1, 0.15) is 15.3 Å². The number of aromatic nitrogens is 1. The van der Waals surface area contributed by atoms with E-state index >= 15 is 0 Å². The van der Waals surface area contributed by atoms with Crippen LogP contribution in [0.15, 0.2) is 45.9 Å². The van der Waals surface area contributed by atoms with Gasteiger partial charge in [0.2, 0.25) is 0 Å². The molecule has 4 nitrogen and oxygen atoms in total. The van der Waals surface area contributed by atoms with Gasteiger partial charge in [0, 0.05) is 0 Å². The summed E-state index contributed by atoms with van der Waals surface area (Å²) in [5, 5.41) is 0.151. The van der Waals surface area contributed by atoms with Gasteiger partial charge < -0.3 is 0 Å². The minimum atomic E-state index is -3.83. The number of sulfonamides is 1. The molecule has 0 saturated heterocycles. The van der Waals surface area contributed by atoms with E-state index in [0.29, 0.717) is 4.60 Å². The van der Waals surface area contributed by atoms with Crippen molar-refractivity contribution in [2.24, 2.45) is 0 Å². The number of halogens is 3. The number of rotatable bonds is 3. The minimum absolute atomic E-state index is 0.0216. The van der Waals surface area contributed by atoms with Crippen molar-refractivity contribution in [3.63, 3.8) is 0 Å². The zero-order valence-electron chi connectivity index (χ0n) is 9.27. The first-order valence-electron chi connectivity index (χ1n) is 4.99. The predicted molar refractivity (Wildman–Crippen MR) is 79.2 cm³/mol. The lowest BCUT2D eigenvalue weighted by Crippen LogP contribution is -2.14. The third-order valence-electron chi connectivity index (χ3n) is 2.16. The third-order valence-corrected chi connectivity index (χ3v) is 4.93. The van der Waals surface area contributed by atoms with Crippen molar-refractivity contribution in [1.29, 1.82) is 0 Å². The number of anilines is 1. The summed E-state index contributed by atoms with van der Waals surface area (Å²) in [6, 6.07) is 9.27. The number of hydrogen-bond donors (Lipinski definition) is 1. The Hall–Kier alpha value is -0.820. The molecule has 0 aliphatic carbocycles. The Balaban J connectivity index is 2.41. The molecule has 19 heavy (non-hydrogen) atoms. The highest BCUT2D eigenvalue weighted by Crippen LogP contribution is 2.29. The smallest absolute Gasteiger partial charge is 0.263 e. The van der Waals surface area contributed by atoms with E-state index < -0.39 is 10.0 Å². The van der Waals surface area contributed by atoms with Crippen molar-refractivity contribution in [3.8, 4) is 0 Å². The molecule has 2 rings (SSSR count). The lowest BCUT2D eigenvalue weighted by atomic mass is 10.4. The molecule has 0 atom stereocenters. The zero-order chi connectivity index (χ0) is 14.0. The van der Waals surface area contributed by atoms with E-state index in [1.54, 1.807) is 12.1 Å². The van der Waals surface area contributed by atoms with Crippen LogP contribution in [0.5, 0.6) is 0 Å². The van der Waals surface area contributed by atoms with Crippen LogP contribution in [0.3, 0.4) is 0 Å². The summed E-state index contributed by atoms with van der Waals surface area (Å²) in [5.74, 6) is 0.186. The van der Waals surface area contributed by atoms with Crippen molar-refractivity contribution in [3.05, 3.63) is 51.0 Å². The molecule has 0 saturated carbocycles. The van der Waals surface area contributed by atoms with Gasteiger partial charge in [-0.3, -0.25) is 4.72 Å². The first kappa shape index (κ1) is 14.6. The van der Waals surface area contributed by atoms with Gasteiger partial charge in [-0.15, -0.1) is 0 Å². The molecule has 0 spiro atoms. The zero-order valence-corrected chi connectivity index (χ0v) is 13.2. The fourth-order valence-corrected chi connectivity index (χ4v) is 3.46. The van der Waals surface area contributed by atoms with Crippen molar-refractivity contribution >= 4 is 55.0 Å². The van der Waals surface area contributed by atoms with Crippen LogP contribution in [0.4, 0.5) is 5.82 Å². The number of pyridine rings is 1. The minimum Gasteiger partial charge on any atom is -0.263 e. The maximum absolute atomic E-state index is 12.2. The van der Waals surface area contributed by atoms with Crippen molar-refractivity contribution in [2.45, 2.75) is 4.90 Å². The van der Waals surface area contributed by atoms with E-state index in [1.165, 1.54) is 24.3 Å². The molecule has 1 aromatic heterocycles. The number of hydrogen-bond acceptors (Lipinski definition) is 3. The van der Waals surface area contributed by atoms with Crippen molar-refractivity contribution < 1.29 is 8.42 Å². The molecule has 0 radical (unpaired) electrons. The second-order valence-corrected chi connectivity index (χ2v) is 6.75. The van der Waals surface area contributed by atoms with Crippen LogP contribution in [0.2, 0.25) is 10.0 Å². The van der Waals surface area contributed by atoms with Gasteiger partial charge in [-0.1, -0.05) is 35.3 Å². The average molecular weight is 382 g/mol. The lowest BCUT2D eigenvalue weighted by molar-refractivity contribution is 0.601. The number of nitrogens with zero attached hydrogens (tertiary/aromatic N) is 1. The van der Waals surface area contributed by atoms with Crippen molar-refractivity contribution in [2.75, 3.05) is 4.72 Å². The highest BCUT2D eigenvalue weighted by molar-refractivity contribution is 9.10. The molecule has 2 aromatic rings. The van der Waals surface area contributed by atoms with Gasteiger partial charge in [0.15, 0.2) is 0 Å². The van der Waals surface area contributed by atoms with E-state index in [0.717, 1.165) is 0 Å². The van der Waals surface area contributed by atoms with Gasteiger partial charge in [-0.05, 0) is 40.2 Å². The molecule has 100 valence electrons. The molecule has 8 heteroatoms. The SMILES string of the molecule is O=S(=O)(Nc1cccc(Br)n1)c1cccc(Cl)c1Cl. The Labute approximate surface area is 128 Å². The molecule has 0 amide bonds. The van der Waals surface area contributed by atoms with E-state index in [4.69, 9.17) is 23.2 Å². The molecule has 1 aromatic carbocycles. The predicted octanol–water partition coefficient (Wildman–Crippen LogP) is 3.95. The molecule has 0 bridgehead atoms. The van der Waals surface area contributed by atoms with Gasteiger partial charge in [-0.2, -0.15) is 0 Å². The van der Waals surface area contributed by atoms with Gasteiger partial charge >= 0.3 is 0 Å². The normalized spacial score (nSPS) is 11.3. The quantitative estimate of drug-likeness (QED) is 0.818. The van der Waals surface area contributed by atoms with Gasteiger partial charge in [0.05, 0.1) is 10.0 Å². The van der Waals surface area contributed by atoms with Crippen molar-refractivity contribution in [1.82, 2.24) is 4.98 Å². The van der Waals surface area contributed by atoms with Crippen LogP contribution < -0.4 is 4.72 Å². The molecule has 1 N–H and O–H groups in total.